The Kier molecular flexibility index (Phi) is 3.36. The number of benzene rings is 1. The quantitative estimate of drug-likeness (QED) is 0.741. The van der Waals surface area contributed by atoms with Crippen LogP contribution in [0.3, 0.4) is 0 Å². The molecule has 0 saturated carbocycles. The molecule has 0 saturated heterocycles. The molecule has 0 heterocycles. The van der Waals surface area contributed by atoms with Gasteiger partial charge in [0.1, 0.15) is 11.6 Å². The molecule has 1 atom stereocenters. The molecule has 14 heavy (non-hydrogen) atoms. The van der Waals surface area contributed by atoms with Crippen molar-refractivity contribution in [2.45, 2.75) is 19.4 Å². The van der Waals surface area contributed by atoms with E-state index < -0.39 is 17.7 Å². The Labute approximate surface area is 82.2 Å². The molecule has 76 valence electrons. The first-order valence-electron chi connectivity index (χ1n) is 4.46. The Bertz CT molecular complexity index is 347. The van der Waals surface area contributed by atoms with Gasteiger partial charge in [-0.25, -0.2) is 8.78 Å². The van der Waals surface area contributed by atoms with Gasteiger partial charge in [-0.3, -0.25) is 0 Å². The van der Waals surface area contributed by atoms with Gasteiger partial charge in [0.25, 0.3) is 0 Å². The molecule has 2 N–H and O–H groups in total. The van der Waals surface area contributed by atoms with Crippen LogP contribution in [0.5, 0.6) is 0 Å². The van der Waals surface area contributed by atoms with Crippen molar-refractivity contribution in [3.05, 3.63) is 47.5 Å². The van der Waals surface area contributed by atoms with Crippen LogP contribution in [0.1, 0.15) is 24.1 Å². The highest BCUT2D eigenvalue weighted by molar-refractivity contribution is 5.34. The van der Waals surface area contributed by atoms with Gasteiger partial charge in [0, 0.05) is 11.6 Å². The number of rotatable bonds is 3. The molecule has 3 heteroatoms. The maximum Gasteiger partial charge on any atom is 0.131 e. The van der Waals surface area contributed by atoms with E-state index in [1.807, 2.05) is 6.92 Å². The Balaban J connectivity index is 3.31. The minimum absolute atomic E-state index is 0.337. The van der Waals surface area contributed by atoms with Crippen molar-refractivity contribution in [3.63, 3.8) is 0 Å². The maximum atomic E-state index is 13.4. The minimum atomic E-state index is -0.603. The maximum absolute atomic E-state index is 13.4. The van der Waals surface area contributed by atoms with Gasteiger partial charge in [0.2, 0.25) is 0 Å². The van der Waals surface area contributed by atoms with Crippen molar-refractivity contribution >= 4 is 0 Å². The van der Waals surface area contributed by atoms with Gasteiger partial charge in [0.05, 0.1) is 6.04 Å². The molecular formula is C11H13F2N. The smallest absolute Gasteiger partial charge is 0.131 e. The fourth-order valence-electron chi connectivity index (χ4n) is 1.42. The lowest BCUT2D eigenvalue weighted by Gasteiger charge is -2.13. The summed E-state index contributed by atoms with van der Waals surface area (Å²) >= 11 is 0. The SMILES string of the molecule is C=CC(N)c1c(F)cc(F)cc1CC. The second-order valence-corrected chi connectivity index (χ2v) is 3.08. The summed E-state index contributed by atoms with van der Waals surface area (Å²) in [5.74, 6) is -1.17. The van der Waals surface area contributed by atoms with Gasteiger partial charge in [-0.15, -0.1) is 6.58 Å². The summed E-state index contributed by atoms with van der Waals surface area (Å²) in [5.41, 5.74) is 6.57. The zero-order valence-corrected chi connectivity index (χ0v) is 8.06. The molecule has 1 unspecified atom stereocenters. The zero-order chi connectivity index (χ0) is 10.7. The number of hydrogen-bond acceptors (Lipinski definition) is 1. The van der Waals surface area contributed by atoms with E-state index in [0.717, 1.165) is 6.07 Å². The predicted molar refractivity (Wildman–Crippen MR) is 52.9 cm³/mol. The third-order valence-electron chi connectivity index (χ3n) is 2.15. The average Bonchev–Trinajstić information content (AvgIpc) is 2.15. The van der Waals surface area contributed by atoms with E-state index in [1.54, 1.807) is 0 Å². The number of aryl methyl sites for hydroxylation is 1. The fraction of sp³-hybridized carbons (Fsp3) is 0.273. The molecule has 1 aromatic carbocycles. The topological polar surface area (TPSA) is 26.0 Å². The summed E-state index contributed by atoms with van der Waals surface area (Å²) in [4.78, 5) is 0. The van der Waals surface area contributed by atoms with Crippen LogP contribution < -0.4 is 5.73 Å². The van der Waals surface area contributed by atoms with E-state index in [1.165, 1.54) is 12.1 Å². The van der Waals surface area contributed by atoms with E-state index >= 15 is 0 Å². The molecule has 0 radical (unpaired) electrons. The van der Waals surface area contributed by atoms with Gasteiger partial charge in [-0.05, 0) is 18.1 Å². The van der Waals surface area contributed by atoms with Crippen molar-refractivity contribution in [2.75, 3.05) is 0 Å². The van der Waals surface area contributed by atoms with Gasteiger partial charge in [-0.2, -0.15) is 0 Å². The van der Waals surface area contributed by atoms with E-state index in [9.17, 15) is 8.78 Å². The molecule has 0 amide bonds. The van der Waals surface area contributed by atoms with Crippen LogP contribution in [0.25, 0.3) is 0 Å². The van der Waals surface area contributed by atoms with Gasteiger partial charge >= 0.3 is 0 Å². The van der Waals surface area contributed by atoms with Crippen LogP contribution in [0, 0.1) is 11.6 Å². The van der Waals surface area contributed by atoms with Gasteiger partial charge < -0.3 is 5.73 Å². The molecule has 0 aliphatic heterocycles. The fourth-order valence-corrected chi connectivity index (χ4v) is 1.42. The lowest BCUT2D eigenvalue weighted by Crippen LogP contribution is -2.12. The number of nitrogens with two attached hydrogens (primary N) is 1. The molecule has 0 fully saturated rings. The summed E-state index contributed by atoms with van der Waals surface area (Å²) in [6.07, 6.45) is 1.99. The molecule has 1 aromatic rings. The molecular weight excluding hydrogens is 184 g/mol. The van der Waals surface area contributed by atoms with Crippen molar-refractivity contribution in [2.24, 2.45) is 5.73 Å². The highest BCUT2D eigenvalue weighted by Crippen LogP contribution is 2.22. The highest BCUT2D eigenvalue weighted by atomic mass is 19.1. The lowest BCUT2D eigenvalue weighted by atomic mass is 9.98. The monoisotopic (exact) mass is 197 g/mol. The summed E-state index contributed by atoms with van der Waals surface area (Å²) in [6.45, 7) is 5.32. The van der Waals surface area contributed by atoms with Gasteiger partial charge in [-0.1, -0.05) is 13.0 Å². The Morgan fingerprint density at radius 2 is 2.14 bits per heavy atom. The van der Waals surface area contributed by atoms with Crippen LogP contribution in [-0.4, -0.2) is 0 Å². The zero-order valence-electron chi connectivity index (χ0n) is 8.06. The number of hydrogen-bond donors (Lipinski definition) is 1. The predicted octanol–water partition coefficient (Wildman–Crippen LogP) is 2.71. The van der Waals surface area contributed by atoms with Crippen molar-refractivity contribution in [1.29, 1.82) is 0 Å². The largest absolute Gasteiger partial charge is 0.321 e. The molecule has 0 aromatic heterocycles. The van der Waals surface area contributed by atoms with Crippen LogP contribution in [0.4, 0.5) is 8.78 Å². The van der Waals surface area contributed by atoms with Crippen LogP contribution >= 0.6 is 0 Å². The van der Waals surface area contributed by atoms with Crippen LogP contribution in [0.15, 0.2) is 24.8 Å². The summed E-state index contributed by atoms with van der Waals surface area (Å²) in [6, 6.07) is 1.57. The Hall–Kier alpha value is -1.22. The third-order valence-corrected chi connectivity index (χ3v) is 2.15. The van der Waals surface area contributed by atoms with E-state index in [2.05, 4.69) is 6.58 Å². The second-order valence-electron chi connectivity index (χ2n) is 3.08. The highest BCUT2D eigenvalue weighted by Gasteiger charge is 2.14. The summed E-state index contributed by atoms with van der Waals surface area (Å²) < 4.78 is 26.2. The van der Waals surface area contributed by atoms with Gasteiger partial charge in [0.15, 0.2) is 0 Å². The molecule has 0 aliphatic rings. The van der Waals surface area contributed by atoms with Crippen molar-refractivity contribution in [3.8, 4) is 0 Å². The first kappa shape index (κ1) is 10.9. The molecule has 0 spiro atoms. The third kappa shape index (κ3) is 1.99. The Morgan fingerprint density at radius 3 is 2.64 bits per heavy atom. The average molecular weight is 197 g/mol. The van der Waals surface area contributed by atoms with E-state index in [-0.39, 0.29) is 0 Å². The second kappa shape index (κ2) is 4.33. The normalized spacial score (nSPS) is 12.6. The first-order chi connectivity index (χ1) is 6.60. The Morgan fingerprint density at radius 1 is 1.50 bits per heavy atom. The van der Waals surface area contributed by atoms with Crippen LogP contribution in [0.2, 0.25) is 0 Å². The van der Waals surface area contributed by atoms with Crippen LogP contribution in [-0.2, 0) is 6.42 Å². The van der Waals surface area contributed by atoms with Crippen molar-refractivity contribution in [1.82, 2.24) is 0 Å². The van der Waals surface area contributed by atoms with E-state index in [0.29, 0.717) is 17.5 Å². The van der Waals surface area contributed by atoms with E-state index in [4.69, 9.17) is 5.73 Å². The lowest BCUT2D eigenvalue weighted by molar-refractivity contribution is 0.562. The molecule has 0 aliphatic carbocycles. The number of halogens is 2. The molecule has 0 bridgehead atoms. The standard InChI is InChI=1S/C11H13F2N/c1-3-7-5-8(12)6-9(13)11(7)10(14)4-2/h4-6,10H,2-3,14H2,1H3. The van der Waals surface area contributed by atoms with Crippen molar-refractivity contribution < 1.29 is 8.78 Å². The first-order valence-corrected chi connectivity index (χ1v) is 4.46. The molecule has 1 nitrogen and oxygen atoms in total. The molecule has 1 rings (SSSR count). The summed E-state index contributed by atoms with van der Waals surface area (Å²) in [7, 11) is 0. The summed E-state index contributed by atoms with van der Waals surface area (Å²) in [5, 5.41) is 0. The minimum Gasteiger partial charge on any atom is -0.321 e.